The predicted molar refractivity (Wildman–Crippen MR) is 90.7 cm³/mol. The van der Waals surface area contributed by atoms with Gasteiger partial charge in [-0.05, 0) is 24.6 Å². The molecule has 1 aromatic carbocycles. The van der Waals surface area contributed by atoms with Crippen LogP contribution in [-0.2, 0) is 9.59 Å². The zero-order chi connectivity index (χ0) is 18.4. The summed E-state index contributed by atoms with van der Waals surface area (Å²) in [6.07, 6.45) is -0.0991. The molecule has 0 bridgehead atoms. The van der Waals surface area contributed by atoms with Gasteiger partial charge >= 0.3 is 17.9 Å². The number of nitrogens with zero attached hydrogens (tertiary/aromatic N) is 2. The number of carbonyl (C=O) groups is 3. The van der Waals surface area contributed by atoms with Gasteiger partial charge in [0.05, 0.1) is 11.1 Å². The van der Waals surface area contributed by atoms with Crippen LogP contribution in [-0.4, -0.2) is 33.0 Å². The summed E-state index contributed by atoms with van der Waals surface area (Å²) in [7, 11) is 0. The molecule has 0 aliphatic rings. The highest BCUT2D eigenvalue weighted by Gasteiger charge is 2.26. The Balaban J connectivity index is 2.05. The molecule has 3 amide bonds. The first-order valence-corrected chi connectivity index (χ1v) is 7.57. The maximum Gasteiger partial charge on any atom is 0.426 e. The van der Waals surface area contributed by atoms with Gasteiger partial charge in [-0.1, -0.05) is 41.9 Å². The second-order valence-electron chi connectivity index (χ2n) is 5.00. The Kier molecular flexibility index (Phi) is 5.91. The van der Waals surface area contributed by atoms with E-state index in [1.807, 2.05) is 0 Å². The lowest BCUT2D eigenvalue weighted by Gasteiger charge is -2.26. The van der Waals surface area contributed by atoms with Crippen molar-refractivity contribution in [3.8, 4) is 0 Å². The van der Waals surface area contributed by atoms with Crippen molar-refractivity contribution in [3.05, 3.63) is 59.2 Å². The van der Waals surface area contributed by atoms with Crippen molar-refractivity contribution in [1.82, 2.24) is 15.4 Å². The lowest BCUT2D eigenvalue weighted by atomic mass is 10.1. The molecule has 0 spiro atoms. The number of benzene rings is 1. The summed E-state index contributed by atoms with van der Waals surface area (Å²) in [5.41, 5.74) is 2.73. The van der Waals surface area contributed by atoms with Crippen LogP contribution in [0.15, 0.2) is 48.7 Å². The number of nitrogens with one attached hydrogen (secondary N) is 2. The Morgan fingerprint density at radius 1 is 1.12 bits per heavy atom. The molecular weight excluding hydrogens is 348 g/mol. The average Bonchev–Trinajstić information content (AvgIpc) is 2.61. The maximum absolute atomic E-state index is 12.0. The van der Waals surface area contributed by atoms with Crippen LogP contribution >= 0.6 is 11.6 Å². The van der Waals surface area contributed by atoms with E-state index < -0.39 is 23.9 Å². The summed E-state index contributed by atoms with van der Waals surface area (Å²) >= 11 is 5.68. The minimum Gasteiger partial charge on any atom is -0.464 e. The molecule has 0 saturated heterocycles. The Morgan fingerprint density at radius 3 is 2.36 bits per heavy atom. The van der Waals surface area contributed by atoms with Crippen molar-refractivity contribution in [3.63, 3.8) is 0 Å². The van der Waals surface area contributed by atoms with Gasteiger partial charge in [0, 0.05) is 6.20 Å². The first kappa shape index (κ1) is 18.2. The second kappa shape index (κ2) is 8.11. The van der Waals surface area contributed by atoms with Crippen molar-refractivity contribution in [2.45, 2.75) is 13.0 Å². The van der Waals surface area contributed by atoms with Crippen molar-refractivity contribution < 1.29 is 19.5 Å². The SMILES string of the molecule is CC(c1ccccc1)N(NC(=O)C(=O)Nc1ccc(Cl)cn1)C(=O)O. The fourth-order valence-electron chi connectivity index (χ4n) is 1.97. The highest BCUT2D eigenvalue weighted by Crippen LogP contribution is 2.18. The standard InChI is InChI=1S/C16H15ClN4O4/c1-10(11-5-3-2-4-6-11)21(16(24)25)20-15(23)14(22)19-13-8-7-12(17)9-18-13/h2-10H,1H3,(H,20,23)(H,24,25)(H,18,19,22). The molecule has 0 saturated carbocycles. The molecule has 0 aliphatic carbocycles. The second-order valence-corrected chi connectivity index (χ2v) is 5.43. The van der Waals surface area contributed by atoms with Gasteiger partial charge in [-0.2, -0.15) is 0 Å². The van der Waals surface area contributed by atoms with Gasteiger partial charge in [0.1, 0.15) is 5.82 Å². The zero-order valence-corrected chi connectivity index (χ0v) is 13.9. The fraction of sp³-hybridized carbons (Fsp3) is 0.125. The van der Waals surface area contributed by atoms with E-state index in [0.29, 0.717) is 15.6 Å². The van der Waals surface area contributed by atoms with E-state index in [-0.39, 0.29) is 5.82 Å². The Labute approximate surface area is 148 Å². The molecule has 9 heteroatoms. The van der Waals surface area contributed by atoms with Gasteiger partial charge in [-0.25, -0.2) is 14.8 Å². The van der Waals surface area contributed by atoms with Crippen molar-refractivity contribution in [1.29, 1.82) is 0 Å². The topological polar surface area (TPSA) is 112 Å². The number of carboxylic acid groups (broad SMARTS) is 1. The molecule has 1 heterocycles. The van der Waals surface area contributed by atoms with Gasteiger partial charge in [0.15, 0.2) is 0 Å². The van der Waals surface area contributed by atoms with E-state index in [1.54, 1.807) is 37.3 Å². The monoisotopic (exact) mass is 362 g/mol. The molecule has 0 aliphatic heterocycles. The molecule has 0 fully saturated rings. The number of hydrogen-bond donors (Lipinski definition) is 3. The Hall–Kier alpha value is -3.13. The van der Waals surface area contributed by atoms with Crippen LogP contribution in [0.3, 0.4) is 0 Å². The number of hydrogen-bond acceptors (Lipinski definition) is 4. The molecular formula is C16H15ClN4O4. The first-order valence-electron chi connectivity index (χ1n) is 7.19. The molecule has 3 N–H and O–H groups in total. The van der Waals surface area contributed by atoms with Crippen LogP contribution in [0.4, 0.5) is 10.6 Å². The van der Waals surface area contributed by atoms with E-state index in [9.17, 15) is 19.5 Å². The third kappa shape index (κ3) is 4.92. The summed E-state index contributed by atoms with van der Waals surface area (Å²) in [4.78, 5) is 39.1. The van der Waals surface area contributed by atoms with Crippen LogP contribution in [0.2, 0.25) is 5.02 Å². The third-order valence-electron chi connectivity index (χ3n) is 3.27. The molecule has 130 valence electrons. The van der Waals surface area contributed by atoms with Gasteiger partial charge in [0.2, 0.25) is 0 Å². The lowest BCUT2D eigenvalue weighted by Crippen LogP contribution is -2.50. The molecule has 1 atom stereocenters. The molecule has 1 unspecified atom stereocenters. The van der Waals surface area contributed by atoms with E-state index in [0.717, 1.165) is 0 Å². The van der Waals surface area contributed by atoms with Gasteiger partial charge in [-0.15, -0.1) is 0 Å². The molecule has 8 nitrogen and oxygen atoms in total. The largest absolute Gasteiger partial charge is 0.464 e. The summed E-state index contributed by atoms with van der Waals surface area (Å²) in [5, 5.41) is 12.6. The zero-order valence-electron chi connectivity index (χ0n) is 13.1. The minimum atomic E-state index is -1.40. The van der Waals surface area contributed by atoms with Gasteiger partial charge in [-0.3, -0.25) is 15.0 Å². The predicted octanol–water partition coefficient (Wildman–Crippen LogP) is 2.45. The van der Waals surface area contributed by atoms with Crippen molar-refractivity contribution in [2.75, 3.05) is 5.32 Å². The highest BCUT2D eigenvalue weighted by molar-refractivity contribution is 6.39. The van der Waals surface area contributed by atoms with Gasteiger partial charge in [0.25, 0.3) is 0 Å². The summed E-state index contributed by atoms with van der Waals surface area (Å²) in [6.45, 7) is 1.59. The van der Waals surface area contributed by atoms with Crippen LogP contribution < -0.4 is 10.7 Å². The Morgan fingerprint density at radius 2 is 1.80 bits per heavy atom. The van der Waals surface area contributed by atoms with Crippen molar-refractivity contribution in [2.24, 2.45) is 0 Å². The number of halogens is 1. The third-order valence-corrected chi connectivity index (χ3v) is 3.50. The average molecular weight is 363 g/mol. The minimum absolute atomic E-state index is 0.113. The molecule has 2 aromatic rings. The van der Waals surface area contributed by atoms with Crippen LogP contribution in [0.5, 0.6) is 0 Å². The smallest absolute Gasteiger partial charge is 0.426 e. The molecule has 0 radical (unpaired) electrons. The fourth-order valence-corrected chi connectivity index (χ4v) is 2.09. The Bertz CT molecular complexity index is 767. The van der Waals surface area contributed by atoms with E-state index in [2.05, 4.69) is 15.7 Å². The normalized spacial score (nSPS) is 11.3. The number of aromatic nitrogens is 1. The lowest BCUT2D eigenvalue weighted by molar-refractivity contribution is -0.139. The highest BCUT2D eigenvalue weighted by atomic mass is 35.5. The van der Waals surface area contributed by atoms with E-state index in [1.165, 1.54) is 18.3 Å². The maximum atomic E-state index is 12.0. The van der Waals surface area contributed by atoms with Gasteiger partial charge < -0.3 is 10.4 Å². The van der Waals surface area contributed by atoms with E-state index >= 15 is 0 Å². The number of amides is 3. The van der Waals surface area contributed by atoms with Crippen LogP contribution in [0.1, 0.15) is 18.5 Å². The summed E-state index contributed by atoms with van der Waals surface area (Å²) in [6, 6.07) is 10.9. The number of hydrazine groups is 1. The number of rotatable bonds is 3. The van der Waals surface area contributed by atoms with Crippen molar-refractivity contribution >= 4 is 35.3 Å². The van der Waals surface area contributed by atoms with E-state index in [4.69, 9.17) is 11.6 Å². The number of anilines is 1. The molecule has 25 heavy (non-hydrogen) atoms. The summed E-state index contributed by atoms with van der Waals surface area (Å²) < 4.78 is 0. The summed E-state index contributed by atoms with van der Waals surface area (Å²) in [5.74, 6) is -2.08. The quantitative estimate of drug-likeness (QED) is 0.573. The molecule has 1 aromatic heterocycles. The van der Waals surface area contributed by atoms with Crippen LogP contribution in [0, 0.1) is 0 Å². The number of pyridine rings is 1. The number of carbonyl (C=O) groups excluding carboxylic acids is 2. The molecule has 2 rings (SSSR count). The first-order chi connectivity index (χ1) is 11.9. The van der Waals surface area contributed by atoms with Crippen LogP contribution in [0.25, 0.3) is 0 Å².